The normalized spacial score (nSPS) is 17.5. The molecule has 5 heteroatoms. The number of rotatable bonds is 4. The molecule has 1 saturated carbocycles. The largest absolute Gasteiger partial charge is 0.352 e. The Morgan fingerprint density at radius 3 is 3.13 bits per heavy atom. The maximum atomic E-state index is 11.5. The van der Waals surface area contributed by atoms with Gasteiger partial charge in [-0.3, -0.25) is 4.79 Å². The lowest BCUT2D eigenvalue weighted by atomic mass is 10.3. The van der Waals surface area contributed by atoms with Crippen LogP contribution in [0, 0.1) is 0 Å². The van der Waals surface area contributed by atoms with E-state index >= 15 is 0 Å². The highest BCUT2D eigenvalue weighted by atomic mass is 16.2. The summed E-state index contributed by atoms with van der Waals surface area (Å²) in [5.41, 5.74) is 6.65. The summed E-state index contributed by atoms with van der Waals surface area (Å²) < 4.78 is 1.79. The molecule has 1 atom stereocenters. The van der Waals surface area contributed by atoms with Crippen LogP contribution < -0.4 is 11.1 Å². The first kappa shape index (κ1) is 10.2. The molecule has 1 aromatic rings. The molecule has 5 nitrogen and oxygen atoms in total. The van der Waals surface area contributed by atoms with Crippen molar-refractivity contribution in [3.05, 3.63) is 18.2 Å². The number of carbonyl (C=O) groups excluding carboxylic acids is 1. The molecule has 2 rings (SSSR count). The van der Waals surface area contributed by atoms with E-state index in [0.717, 1.165) is 18.5 Å². The van der Waals surface area contributed by atoms with Gasteiger partial charge in [0.1, 0.15) is 6.54 Å². The lowest BCUT2D eigenvalue weighted by Gasteiger charge is -2.10. The molecule has 1 unspecified atom stereocenters. The number of nitrogens with one attached hydrogen (secondary N) is 1. The zero-order valence-corrected chi connectivity index (χ0v) is 8.81. The SMILES string of the molecule is CC(N)c1cncn1CC(=O)NC1CC1. The van der Waals surface area contributed by atoms with Crippen LogP contribution in [0.2, 0.25) is 0 Å². The third-order valence-corrected chi connectivity index (χ3v) is 2.47. The predicted octanol–water partition coefficient (Wildman–Crippen LogP) is 0.181. The first-order valence-corrected chi connectivity index (χ1v) is 5.22. The van der Waals surface area contributed by atoms with Gasteiger partial charge in [0.05, 0.1) is 12.0 Å². The van der Waals surface area contributed by atoms with E-state index in [1.54, 1.807) is 17.1 Å². The van der Waals surface area contributed by atoms with Crippen molar-refractivity contribution in [3.8, 4) is 0 Å². The molecule has 1 aliphatic rings. The highest BCUT2D eigenvalue weighted by Gasteiger charge is 2.23. The molecule has 1 aromatic heterocycles. The Kier molecular flexibility index (Phi) is 2.73. The van der Waals surface area contributed by atoms with Crippen LogP contribution in [0.4, 0.5) is 0 Å². The van der Waals surface area contributed by atoms with Crippen molar-refractivity contribution in [2.45, 2.75) is 38.4 Å². The monoisotopic (exact) mass is 208 g/mol. The van der Waals surface area contributed by atoms with Crippen LogP contribution in [0.25, 0.3) is 0 Å². The van der Waals surface area contributed by atoms with Gasteiger partial charge in [0, 0.05) is 18.3 Å². The van der Waals surface area contributed by atoms with E-state index in [4.69, 9.17) is 5.73 Å². The molecule has 1 amide bonds. The fourth-order valence-corrected chi connectivity index (χ4v) is 1.50. The van der Waals surface area contributed by atoms with Gasteiger partial charge in [-0.1, -0.05) is 0 Å². The van der Waals surface area contributed by atoms with Gasteiger partial charge in [0.25, 0.3) is 0 Å². The fourth-order valence-electron chi connectivity index (χ4n) is 1.50. The van der Waals surface area contributed by atoms with Crippen LogP contribution in [0.3, 0.4) is 0 Å². The predicted molar refractivity (Wildman–Crippen MR) is 56.0 cm³/mol. The van der Waals surface area contributed by atoms with Gasteiger partial charge in [-0.15, -0.1) is 0 Å². The lowest BCUT2D eigenvalue weighted by Crippen LogP contribution is -2.30. The molecular formula is C10H16N4O. The van der Waals surface area contributed by atoms with Crippen molar-refractivity contribution in [3.63, 3.8) is 0 Å². The second-order valence-corrected chi connectivity index (χ2v) is 4.08. The molecule has 0 bridgehead atoms. The van der Waals surface area contributed by atoms with Crippen molar-refractivity contribution >= 4 is 5.91 Å². The van der Waals surface area contributed by atoms with E-state index in [2.05, 4.69) is 10.3 Å². The average Bonchev–Trinajstić information content (AvgIpc) is 2.82. The quantitative estimate of drug-likeness (QED) is 0.741. The van der Waals surface area contributed by atoms with E-state index in [-0.39, 0.29) is 11.9 Å². The van der Waals surface area contributed by atoms with Gasteiger partial charge in [-0.05, 0) is 19.8 Å². The summed E-state index contributed by atoms with van der Waals surface area (Å²) in [6.07, 6.45) is 5.56. The van der Waals surface area contributed by atoms with Gasteiger partial charge in [-0.25, -0.2) is 4.98 Å². The summed E-state index contributed by atoms with van der Waals surface area (Å²) in [7, 11) is 0. The second-order valence-electron chi connectivity index (χ2n) is 4.08. The highest BCUT2D eigenvalue weighted by Crippen LogP contribution is 2.18. The Bertz CT molecular complexity index is 354. The molecule has 0 saturated heterocycles. The standard InChI is InChI=1S/C10H16N4O/c1-7(11)9-4-12-6-14(9)5-10(15)13-8-2-3-8/h4,6-8H,2-3,5,11H2,1H3,(H,13,15). The topological polar surface area (TPSA) is 72.9 Å². The fraction of sp³-hybridized carbons (Fsp3) is 0.600. The molecule has 1 heterocycles. The summed E-state index contributed by atoms with van der Waals surface area (Å²) in [6.45, 7) is 2.19. The third kappa shape index (κ3) is 2.56. The van der Waals surface area contributed by atoms with Gasteiger partial charge >= 0.3 is 0 Å². The maximum Gasteiger partial charge on any atom is 0.240 e. The summed E-state index contributed by atoms with van der Waals surface area (Å²) in [5, 5.41) is 2.93. The van der Waals surface area contributed by atoms with Crippen LogP contribution in [0.5, 0.6) is 0 Å². The van der Waals surface area contributed by atoms with Crippen molar-refractivity contribution in [2.75, 3.05) is 0 Å². The van der Waals surface area contributed by atoms with Crippen LogP contribution >= 0.6 is 0 Å². The molecule has 82 valence electrons. The minimum absolute atomic E-state index is 0.0393. The summed E-state index contributed by atoms with van der Waals surface area (Å²) >= 11 is 0. The van der Waals surface area contributed by atoms with Crippen LogP contribution in [0.1, 0.15) is 31.5 Å². The van der Waals surface area contributed by atoms with Gasteiger partial charge in [0.2, 0.25) is 5.91 Å². The number of nitrogens with two attached hydrogens (primary N) is 1. The number of imidazole rings is 1. The van der Waals surface area contributed by atoms with E-state index in [1.807, 2.05) is 6.92 Å². The number of aromatic nitrogens is 2. The first-order valence-electron chi connectivity index (χ1n) is 5.22. The molecule has 1 aliphatic carbocycles. The van der Waals surface area contributed by atoms with E-state index in [0.29, 0.717) is 12.6 Å². The number of nitrogens with zero attached hydrogens (tertiary/aromatic N) is 2. The summed E-state index contributed by atoms with van der Waals surface area (Å²) in [6, 6.07) is 0.306. The molecule has 3 N–H and O–H groups in total. The molecular weight excluding hydrogens is 192 g/mol. The molecule has 0 aromatic carbocycles. The summed E-state index contributed by atoms with van der Waals surface area (Å²) in [4.78, 5) is 15.5. The van der Waals surface area contributed by atoms with E-state index in [1.165, 1.54) is 0 Å². The molecule has 1 fully saturated rings. The number of hydrogen-bond acceptors (Lipinski definition) is 3. The average molecular weight is 208 g/mol. The Hall–Kier alpha value is -1.36. The van der Waals surface area contributed by atoms with E-state index in [9.17, 15) is 4.79 Å². The molecule has 15 heavy (non-hydrogen) atoms. The number of carbonyl (C=O) groups is 1. The zero-order valence-electron chi connectivity index (χ0n) is 8.81. The Morgan fingerprint density at radius 2 is 2.53 bits per heavy atom. The first-order chi connectivity index (χ1) is 7.16. The maximum absolute atomic E-state index is 11.5. The zero-order chi connectivity index (χ0) is 10.8. The van der Waals surface area contributed by atoms with Crippen LogP contribution in [-0.4, -0.2) is 21.5 Å². The Balaban J connectivity index is 1.96. The smallest absolute Gasteiger partial charge is 0.240 e. The third-order valence-electron chi connectivity index (χ3n) is 2.47. The van der Waals surface area contributed by atoms with Crippen molar-refractivity contribution in [1.29, 1.82) is 0 Å². The number of hydrogen-bond donors (Lipinski definition) is 2. The van der Waals surface area contributed by atoms with Crippen molar-refractivity contribution in [2.24, 2.45) is 5.73 Å². The highest BCUT2D eigenvalue weighted by molar-refractivity contribution is 5.76. The molecule has 0 aliphatic heterocycles. The van der Waals surface area contributed by atoms with E-state index < -0.39 is 0 Å². The minimum atomic E-state index is -0.0961. The summed E-state index contributed by atoms with van der Waals surface area (Å²) in [5.74, 6) is 0.0393. The lowest BCUT2D eigenvalue weighted by molar-refractivity contribution is -0.121. The molecule has 0 radical (unpaired) electrons. The molecule has 0 spiro atoms. The van der Waals surface area contributed by atoms with Crippen molar-refractivity contribution in [1.82, 2.24) is 14.9 Å². The number of amides is 1. The Morgan fingerprint density at radius 1 is 1.80 bits per heavy atom. The van der Waals surface area contributed by atoms with Gasteiger partial charge in [0.15, 0.2) is 0 Å². The van der Waals surface area contributed by atoms with Crippen molar-refractivity contribution < 1.29 is 4.79 Å². The minimum Gasteiger partial charge on any atom is -0.352 e. The van der Waals surface area contributed by atoms with Crippen LogP contribution in [0.15, 0.2) is 12.5 Å². The second kappa shape index (κ2) is 4.02. The van der Waals surface area contributed by atoms with Gasteiger partial charge < -0.3 is 15.6 Å². The Labute approximate surface area is 88.7 Å². The van der Waals surface area contributed by atoms with Crippen LogP contribution in [-0.2, 0) is 11.3 Å². The van der Waals surface area contributed by atoms with Gasteiger partial charge in [-0.2, -0.15) is 0 Å².